The van der Waals surface area contributed by atoms with Gasteiger partial charge in [0, 0.05) is 0 Å². The second kappa shape index (κ2) is 5.62. The number of nitrogens with one attached hydrogen (secondary N) is 1. The molecule has 26 heavy (non-hydrogen) atoms. The molecule has 1 aromatic heterocycles. The van der Waals surface area contributed by atoms with Crippen molar-refractivity contribution in [2.45, 2.75) is 19.9 Å². The maximum Gasteiger partial charge on any atom is 0.288 e. The van der Waals surface area contributed by atoms with Gasteiger partial charge in [0.05, 0.1) is 24.1 Å². The van der Waals surface area contributed by atoms with Gasteiger partial charge in [0.1, 0.15) is 5.58 Å². The number of ether oxygens (including phenoxy) is 1. The van der Waals surface area contributed by atoms with Crippen molar-refractivity contribution in [2.24, 2.45) is 0 Å². The maximum absolute atomic E-state index is 13.2. The van der Waals surface area contributed by atoms with Crippen molar-refractivity contribution in [3.05, 3.63) is 68.6 Å². The van der Waals surface area contributed by atoms with Gasteiger partial charge in [0.2, 0.25) is 5.76 Å². The molecule has 0 spiro atoms. The van der Waals surface area contributed by atoms with E-state index >= 15 is 0 Å². The highest BCUT2D eigenvalue weighted by molar-refractivity contribution is 5.99. The summed E-state index contributed by atoms with van der Waals surface area (Å²) in [5.41, 5.74) is 2.85. The van der Waals surface area contributed by atoms with Crippen LogP contribution in [0, 0.1) is 13.8 Å². The summed E-state index contributed by atoms with van der Waals surface area (Å²) < 4.78 is 10.9. The Morgan fingerprint density at radius 3 is 2.65 bits per heavy atom. The van der Waals surface area contributed by atoms with E-state index in [9.17, 15) is 14.7 Å². The van der Waals surface area contributed by atoms with E-state index in [2.05, 4.69) is 5.32 Å². The second-order valence-electron chi connectivity index (χ2n) is 6.47. The Labute approximate surface area is 149 Å². The summed E-state index contributed by atoms with van der Waals surface area (Å²) in [7, 11) is 1.44. The first-order valence-corrected chi connectivity index (χ1v) is 8.16. The summed E-state index contributed by atoms with van der Waals surface area (Å²) in [4.78, 5) is 25.6. The molecule has 1 unspecified atom stereocenters. The standard InChI is InChI=1S/C20H17NO5/c1-9-6-10(2)15-14(7-9)26-19-16(18(15)23)17(21-20(19)24)11-4-5-12(22)13(8-11)25-3/h4-8,17,22H,1-3H3,(H,21,24). The molecule has 0 bridgehead atoms. The van der Waals surface area contributed by atoms with Crippen molar-refractivity contribution in [1.29, 1.82) is 0 Å². The van der Waals surface area contributed by atoms with Crippen molar-refractivity contribution in [3.8, 4) is 11.5 Å². The Hall–Kier alpha value is -3.28. The fourth-order valence-electron chi connectivity index (χ4n) is 3.53. The smallest absolute Gasteiger partial charge is 0.288 e. The summed E-state index contributed by atoms with van der Waals surface area (Å²) in [6.45, 7) is 3.76. The molecule has 1 aliphatic heterocycles. The quantitative estimate of drug-likeness (QED) is 0.741. The molecule has 0 radical (unpaired) electrons. The van der Waals surface area contributed by atoms with Crippen molar-refractivity contribution in [1.82, 2.24) is 5.32 Å². The van der Waals surface area contributed by atoms with E-state index in [0.717, 1.165) is 11.1 Å². The van der Waals surface area contributed by atoms with Gasteiger partial charge in [0.15, 0.2) is 16.9 Å². The van der Waals surface area contributed by atoms with Gasteiger partial charge in [0.25, 0.3) is 5.91 Å². The minimum Gasteiger partial charge on any atom is -0.504 e. The highest BCUT2D eigenvalue weighted by atomic mass is 16.5. The zero-order valence-corrected chi connectivity index (χ0v) is 14.5. The van der Waals surface area contributed by atoms with Crippen LogP contribution in [0.15, 0.2) is 39.5 Å². The summed E-state index contributed by atoms with van der Waals surface area (Å²) in [5, 5.41) is 13.1. The highest BCUT2D eigenvalue weighted by Crippen LogP contribution is 2.35. The van der Waals surface area contributed by atoms with Crippen LogP contribution >= 0.6 is 0 Å². The first-order valence-electron chi connectivity index (χ1n) is 8.16. The number of rotatable bonds is 2. The van der Waals surface area contributed by atoms with Crippen LogP contribution in [-0.4, -0.2) is 18.1 Å². The van der Waals surface area contributed by atoms with E-state index in [4.69, 9.17) is 9.15 Å². The number of carbonyl (C=O) groups excluding carboxylic acids is 1. The summed E-state index contributed by atoms with van der Waals surface area (Å²) in [6.07, 6.45) is 0. The first-order chi connectivity index (χ1) is 12.4. The lowest BCUT2D eigenvalue weighted by molar-refractivity contribution is 0.0938. The third kappa shape index (κ3) is 2.26. The Morgan fingerprint density at radius 2 is 1.92 bits per heavy atom. The third-order valence-electron chi connectivity index (χ3n) is 4.68. The monoisotopic (exact) mass is 351 g/mol. The lowest BCUT2D eigenvalue weighted by atomic mass is 9.97. The van der Waals surface area contributed by atoms with Gasteiger partial charge in [-0.1, -0.05) is 12.1 Å². The molecule has 0 saturated heterocycles. The van der Waals surface area contributed by atoms with E-state index in [1.165, 1.54) is 13.2 Å². The SMILES string of the molecule is COc1cc(C2NC(=O)c3oc4cc(C)cc(C)c4c(=O)c32)ccc1O. The van der Waals surface area contributed by atoms with Crippen LogP contribution in [0.5, 0.6) is 11.5 Å². The van der Waals surface area contributed by atoms with Gasteiger partial charge in [-0.15, -0.1) is 0 Å². The lowest BCUT2D eigenvalue weighted by Crippen LogP contribution is -2.22. The Balaban J connectivity index is 1.99. The number of phenolic OH excluding ortho intramolecular Hbond substituents is 1. The predicted molar refractivity (Wildman–Crippen MR) is 95.9 cm³/mol. The number of hydrogen-bond acceptors (Lipinski definition) is 5. The summed E-state index contributed by atoms with van der Waals surface area (Å²) in [6, 6.07) is 7.72. The first kappa shape index (κ1) is 16.2. The Morgan fingerprint density at radius 1 is 1.15 bits per heavy atom. The van der Waals surface area contributed by atoms with Crippen LogP contribution < -0.4 is 15.5 Å². The van der Waals surface area contributed by atoms with E-state index < -0.39 is 11.9 Å². The normalized spacial score (nSPS) is 15.8. The Kier molecular flexibility index (Phi) is 3.50. The molecule has 4 rings (SSSR count). The molecule has 0 aliphatic carbocycles. The van der Waals surface area contributed by atoms with Gasteiger partial charge < -0.3 is 19.6 Å². The number of amides is 1. The molecule has 2 N–H and O–H groups in total. The van der Waals surface area contributed by atoms with Crippen molar-refractivity contribution in [3.63, 3.8) is 0 Å². The van der Waals surface area contributed by atoms with Crippen LogP contribution in [0.3, 0.4) is 0 Å². The van der Waals surface area contributed by atoms with E-state index in [1.54, 1.807) is 18.2 Å². The highest BCUT2D eigenvalue weighted by Gasteiger charge is 2.36. The van der Waals surface area contributed by atoms with Gasteiger partial charge >= 0.3 is 0 Å². The van der Waals surface area contributed by atoms with Gasteiger partial charge in [-0.2, -0.15) is 0 Å². The minimum atomic E-state index is -0.659. The predicted octanol–water partition coefficient (Wildman–Crippen LogP) is 2.96. The molecule has 132 valence electrons. The Bertz CT molecular complexity index is 1130. The molecular weight excluding hydrogens is 334 g/mol. The van der Waals surface area contributed by atoms with Gasteiger partial charge in [-0.05, 0) is 48.7 Å². The van der Waals surface area contributed by atoms with Gasteiger partial charge in [-0.25, -0.2) is 0 Å². The van der Waals surface area contributed by atoms with E-state index in [0.29, 0.717) is 16.5 Å². The van der Waals surface area contributed by atoms with E-state index in [-0.39, 0.29) is 28.3 Å². The van der Waals surface area contributed by atoms with Crippen molar-refractivity contribution in [2.75, 3.05) is 7.11 Å². The molecule has 2 aromatic carbocycles. The maximum atomic E-state index is 13.2. The summed E-state index contributed by atoms with van der Waals surface area (Å²) in [5.74, 6) is -0.153. The summed E-state index contributed by atoms with van der Waals surface area (Å²) >= 11 is 0. The van der Waals surface area contributed by atoms with Crippen LogP contribution in [-0.2, 0) is 0 Å². The number of phenols is 1. The average Bonchev–Trinajstić information content (AvgIpc) is 2.92. The molecule has 1 aliphatic rings. The topological polar surface area (TPSA) is 88.8 Å². The molecule has 0 fully saturated rings. The van der Waals surface area contributed by atoms with Gasteiger partial charge in [-0.3, -0.25) is 9.59 Å². The third-order valence-corrected chi connectivity index (χ3v) is 4.68. The number of methoxy groups -OCH3 is 1. The molecule has 6 nitrogen and oxygen atoms in total. The largest absolute Gasteiger partial charge is 0.504 e. The molecule has 1 atom stereocenters. The number of aryl methyl sites for hydroxylation is 2. The zero-order valence-electron chi connectivity index (χ0n) is 14.5. The fourth-order valence-corrected chi connectivity index (χ4v) is 3.53. The number of hydrogen-bond donors (Lipinski definition) is 2. The fraction of sp³-hybridized carbons (Fsp3) is 0.200. The van der Waals surface area contributed by atoms with Crippen LogP contribution in [0.25, 0.3) is 11.0 Å². The minimum absolute atomic E-state index is 0.0161. The van der Waals surface area contributed by atoms with E-state index in [1.807, 2.05) is 19.9 Å². The van der Waals surface area contributed by atoms with Crippen molar-refractivity contribution >= 4 is 16.9 Å². The van der Waals surface area contributed by atoms with Crippen LogP contribution in [0.4, 0.5) is 0 Å². The molecule has 3 aromatic rings. The molecule has 2 heterocycles. The average molecular weight is 351 g/mol. The number of benzene rings is 2. The van der Waals surface area contributed by atoms with Crippen LogP contribution in [0.2, 0.25) is 0 Å². The number of fused-ring (bicyclic) bond motifs is 2. The lowest BCUT2D eigenvalue weighted by Gasteiger charge is -2.14. The number of carbonyl (C=O) groups is 1. The van der Waals surface area contributed by atoms with Crippen LogP contribution in [0.1, 0.15) is 38.9 Å². The van der Waals surface area contributed by atoms with Crippen molar-refractivity contribution < 1.29 is 19.1 Å². The molecule has 0 saturated carbocycles. The second-order valence-corrected chi connectivity index (χ2v) is 6.47. The zero-order chi connectivity index (χ0) is 18.6. The molecule has 1 amide bonds. The molecular formula is C20H17NO5. The molecule has 6 heteroatoms. The number of aromatic hydroxyl groups is 1.